The van der Waals surface area contributed by atoms with Gasteiger partial charge in [-0.25, -0.2) is 0 Å². The number of benzene rings is 2. The molecule has 1 amide bonds. The van der Waals surface area contributed by atoms with Crippen LogP contribution in [0.3, 0.4) is 0 Å². The van der Waals surface area contributed by atoms with E-state index >= 15 is 0 Å². The van der Waals surface area contributed by atoms with E-state index in [2.05, 4.69) is 5.32 Å². The fraction of sp³-hybridized carbons (Fsp3) is 0.211. The molecule has 23 heavy (non-hydrogen) atoms. The smallest absolute Gasteiger partial charge is 0.248 e. The van der Waals surface area contributed by atoms with E-state index in [1.165, 1.54) is 6.08 Å². The lowest BCUT2D eigenvalue weighted by molar-refractivity contribution is -0.111. The number of rotatable bonds is 5. The summed E-state index contributed by atoms with van der Waals surface area (Å²) in [6.45, 7) is 5.87. The number of amides is 1. The van der Waals surface area contributed by atoms with Crippen molar-refractivity contribution in [2.75, 3.05) is 5.32 Å². The monoisotopic (exact) mass is 329 g/mol. The van der Waals surface area contributed by atoms with Gasteiger partial charge in [0.1, 0.15) is 5.75 Å². The lowest BCUT2D eigenvalue weighted by atomic mass is 10.2. The molecule has 2 aromatic carbocycles. The van der Waals surface area contributed by atoms with E-state index in [4.69, 9.17) is 16.3 Å². The summed E-state index contributed by atoms with van der Waals surface area (Å²) < 4.78 is 5.63. The predicted octanol–water partition coefficient (Wildman–Crippen LogP) is 5.09. The second-order valence-corrected chi connectivity index (χ2v) is 5.93. The molecule has 0 aliphatic heterocycles. The molecule has 0 aromatic heterocycles. The van der Waals surface area contributed by atoms with Crippen LogP contribution >= 0.6 is 11.6 Å². The average Bonchev–Trinajstić information content (AvgIpc) is 2.49. The molecular formula is C19H20ClNO2. The Labute approximate surface area is 141 Å². The van der Waals surface area contributed by atoms with Crippen LogP contribution in [0.5, 0.6) is 5.75 Å². The summed E-state index contributed by atoms with van der Waals surface area (Å²) in [7, 11) is 0. The standard InChI is InChI=1S/C19H20ClNO2/c1-13(2)23-17-6-4-5-15(11-17)8-10-19(22)21-16-9-7-14(3)18(20)12-16/h4-13H,1-3H3,(H,21,22)/b10-8+. The van der Waals surface area contributed by atoms with Gasteiger partial charge in [-0.15, -0.1) is 0 Å². The van der Waals surface area contributed by atoms with Crippen LogP contribution in [0.25, 0.3) is 6.08 Å². The molecule has 0 bridgehead atoms. The second-order valence-electron chi connectivity index (χ2n) is 5.53. The summed E-state index contributed by atoms with van der Waals surface area (Å²) in [5, 5.41) is 3.42. The number of carbonyl (C=O) groups excluding carboxylic acids is 1. The van der Waals surface area contributed by atoms with E-state index < -0.39 is 0 Å². The van der Waals surface area contributed by atoms with Crippen LogP contribution in [0, 0.1) is 6.92 Å². The molecular weight excluding hydrogens is 310 g/mol. The number of halogens is 1. The van der Waals surface area contributed by atoms with Crippen LogP contribution in [0.4, 0.5) is 5.69 Å². The third-order valence-electron chi connectivity index (χ3n) is 3.10. The number of hydrogen-bond acceptors (Lipinski definition) is 2. The number of ether oxygens (including phenoxy) is 1. The quantitative estimate of drug-likeness (QED) is 0.776. The molecule has 0 aliphatic rings. The van der Waals surface area contributed by atoms with Gasteiger partial charge < -0.3 is 10.1 Å². The van der Waals surface area contributed by atoms with Gasteiger partial charge in [0.15, 0.2) is 0 Å². The molecule has 0 radical (unpaired) electrons. The van der Waals surface area contributed by atoms with Crippen LogP contribution in [0.1, 0.15) is 25.0 Å². The van der Waals surface area contributed by atoms with Crippen LogP contribution in [0.15, 0.2) is 48.5 Å². The minimum absolute atomic E-state index is 0.115. The van der Waals surface area contributed by atoms with Gasteiger partial charge in [0, 0.05) is 16.8 Å². The molecule has 0 saturated heterocycles. The van der Waals surface area contributed by atoms with Crippen molar-refractivity contribution >= 4 is 29.3 Å². The topological polar surface area (TPSA) is 38.3 Å². The van der Waals surface area contributed by atoms with Crippen LogP contribution < -0.4 is 10.1 Å². The number of carbonyl (C=O) groups is 1. The Kier molecular flexibility index (Phi) is 5.83. The molecule has 0 saturated carbocycles. The van der Waals surface area contributed by atoms with Crippen molar-refractivity contribution in [2.45, 2.75) is 26.9 Å². The van der Waals surface area contributed by atoms with Crippen molar-refractivity contribution in [1.29, 1.82) is 0 Å². The Morgan fingerprint density at radius 1 is 1.22 bits per heavy atom. The first-order chi connectivity index (χ1) is 10.9. The zero-order valence-corrected chi connectivity index (χ0v) is 14.2. The highest BCUT2D eigenvalue weighted by Gasteiger charge is 2.02. The summed E-state index contributed by atoms with van der Waals surface area (Å²) in [5.41, 5.74) is 2.55. The maximum atomic E-state index is 12.0. The average molecular weight is 330 g/mol. The third-order valence-corrected chi connectivity index (χ3v) is 3.50. The molecule has 0 unspecified atom stereocenters. The van der Waals surface area contributed by atoms with Gasteiger partial charge >= 0.3 is 0 Å². The van der Waals surface area contributed by atoms with Crippen molar-refractivity contribution in [1.82, 2.24) is 0 Å². The van der Waals surface area contributed by atoms with E-state index in [0.717, 1.165) is 16.9 Å². The Hall–Kier alpha value is -2.26. The zero-order valence-electron chi connectivity index (χ0n) is 13.5. The summed E-state index contributed by atoms with van der Waals surface area (Å²) in [6, 6.07) is 13.0. The lowest BCUT2D eigenvalue weighted by Gasteiger charge is -2.09. The van der Waals surface area contributed by atoms with Crippen LogP contribution in [0.2, 0.25) is 5.02 Å². The predicted molar refractivity (Wildman–Crippen MR) is 96.1 cm³/mol. The first-order valence-corrected chi connectivity index (χ1v) is 7.84. The molecule has 2 rings (SSSR count). The number of aryl methyl sites for hydroxylation is 1. The lowest BCUT2D eigenvalue weighted by Crippen LogP contribution is -2.07. The second kappa shape index (κ2) is 7.84. The number of anilines is 1. The summed E-state index contributed by atoms with van der Waals surface area (Å²) >= 11 is 6.05. The fourth-order valence-corrected chi connectivity index (χ4v) is 2.17. The van der Waals surface area contributed by atoms with E-state index in [-0.39, 0.29) is 12.0 Å². The fourth-order valence-electron chi connectivity index (χ4n) is 1.99. The molecule has 4 heteroatoms. The van der Waals surface area contributed by atoms with Crippen LogP contribution in [-0.2, 0) is 4.79 Å². The highest BCUT2D eigenvalue weighted by molar-refractivity contribution is 6.31. The number of nitrogens with one attached hydrogen (secondary N) is 1. The zero-order chi connectivity index (χ0) is 16.8. The van der Waals surface area contributed by atoms with Gasteiger partial charge in [-0.3, -0.25) is 4.79 Å². The van der Waals surface area contributed by atoms with E-state index in [1.807, 2.05) is 57.2 Å². The molecule has 0 spiro atoms. The highest BCUT2D eigenvalue weighted by atomic mass is 35.5. The maximum Gasteiger partial charge on any atom is 0.248 e. The molecule has 0 aliphatic carbocycles. The van der Waals surface area contributed by atoms with Gasteiger partial charge in [0.2, 0.25) is 5.91 Å². The first kappa shape index (κ1) is 17.1. The van der Waals surface area contributed by atoms with Crippen molar-refractivity contribution in [3.63, 3.8) is 0 Å². The van der Waals surface area contributed by atoms with Gasteiger partial charge in [-0.2, -0.15) is 0 Å². The summed E-state index contributed by atoms with van der Waals surface area (Å²) in [5.74, 6) is 0.577. The maximum absolute atomic E-state index is 12.0. The van der Waals surface area contributed by atoms with E-state index in [9.17, 15) is 4.79 Å². The third kappa shape index (κ3) is 5.46. The molecule has 0 heterocycles. The normalized spacial score (nSPS) is 11.0. The molecule has 2 aromatic rings. The molecule has 1 N–H and O–H groups in total. The Morgan fingerprint density at radius 3 is 2.70 bits per heavy atom. The Morgan fingerprint density at radius 2 is 2.00 bits per heavy atom. The molecule has 0 fully saturated rings. The van der Waals surface area contributed by atoms with Gasteiger partial charge in [-0.1, -0.05) is 29.8 Å². The summed E-state index contributed by atoms with van der Waals surface area (Å²) in [4.78, 5) is 12.0. The van der Waals surface area contributed by atoms with E-state index in [1.54, 1.807) is 12.1 Å². The van der Waals surface area contributed by atoms with Crippen molar-refractivity contribution in [3.05, 3.63) is 64.7 Å². The van der Waals surface area contributed by atoms with E-state index in [0.29, 0.717) is 10.7 Å². The minimum atomic E-state index is -0.208. The van der Waals surface area contributed by atoms with Crippen LogP contribution in [-0.4, -0.2) is 12.0 Å². The van der Waals surface area contributed by atoms with Crippen molar-refractivity contribution in [3.8, 4) is 5.75 Å². The largest absolute Gasteiger partial charge is 0.491 e. The molecule has 0 atom stereocenters. The highest BCUT2D eigenvalue weighted by Crippen LogP contribution is 2.20. The van der Waals surface area contributed by atoms with Gasteiger partial charge in [0.05, 0.1) is 6.10 Å². The number of hydrogen-bond donors (Lipinski definition) is 1. The SMILES string of the molecule is Cc1ccc(NC(=O)/C=C/c2cccc(OC(C)C)c2)cc1Cl. The van der Waals surface area contributed by atoms with Crippen molar-refractivity contribution < 1.29 is 9.53 Å². The molecule has 3 nitrogen and oxygen atoms in total. The van der Waals surface area contributed by atoms with Gasteiger partial charge in [0.25, 0.3) is 0 Å². The van der Waals surface area contributed by atoms with Crippen molar-refractivity contribution in [2.24, 2.45) is 0 Å². The molecule has 120 valence electrons. The summed E-state index contributed by atoms with van der Waals surface area (Å²) in [6.07, 6.45) is 3.35. The van der Waals surface area contributed by atoms with Gasteiger partial charge in [-0.05, 0) is 62.2 Å². The minimum Gasteiger partial charge on any atom is -0.491 e. The Balaban J connectivity index is 2.01. The Bertz CT molecular complexity index is 723. The first-order valence-electron chi connectivity index (χ1n) is 7.46.